The van der Waals surface area contributed by atoms with Crippen LogP contribution in [0.25, 0.3) is 0 Å². The minimum absolute atomic E-state index is 0.0139. The summed E-state index contributed by atoms with van der Waals surface area (Å²) in [6.07, 6.45) is 2.23. The molecule has 0 bridgehead atoms. The molecule has 180 valence electrons. The average molecular weight is 464 g/mol. The molecule has 0 aromatic heterocycles. The Morgan fingerprint density at radius 1 is 1.12 bits per heavy atom. The summed E-state index contributed by atoms with van der Waals surface area (Å²) in [5, 5.41) is 6.58. The number of hydrogen-bond acceptors (Lipinski definition) is 6. The molecule has 1 unspecified atom stereocenters. The lowest BCUT2D eigenvalue weighted by Gasteiger charge is -2.37. The van der Waals surface area contributed by atoms with Crippen molar-refractivity contribution in [3.05, 3.63) is 64.7 Å². The van der Waals surface area contributed by atoms with Crippen molar-refractivity contribution in [1.29, 1.82) is 0 Å². The van der Waals surface area contributed by atoms with Crippen molar-refractivity contribution in [1.82, 2.24) is 9.91 Å². The van der Waals surface area contributed by atoms with Crippen LogP contribution in [-0.4, -0.2) is 67.3 Å². The van der Waals surface area contributed by atoms with Crippen LogP contribution >= 0.6 is 0 Å². The van der Waals surface area contributed by atoms with Crippen LogP contribution in [-0.2, 0) is 14.3 Å². The number of nitrogens with zero attached hydrogens (tertiary/aromatic N) is 3. The molecule has 0 aliphatic carbocycles. The normalized spacial score (nSPS) is 22.3. The topological polar surface area (TPSA) is 63.6 Å². The van der Waals surface area contributed by atoms with Gasteiger partial charge in [-0.2, -0.15) is 5.10 Å². The van der Waals surface area contributed by atoms with Gasteiger partial charge in [-0.15, -0.1) is 0 Å². The van der Waals surface area contributed by atoms with Crippen LogP contribution in [0.2, 0.25) is 0 Å². The van der Waals surface area contributed by atoms with Crippen LogP contribution in [0.1, 0.15) is 47.6 Å². The van der Waals surface area contributed by atoms with Gasteiger partial charge in [0.15, 0.2) is 5.79 Å². The molecule has 2 aromatic carbocycles. The fourth-order valence-electron chi connectivity index (χ4n) is 5.25. The molecule has 7 heteroatoms. The van der Waals surface area contributed by atoms with E-state index in [2.05, 4.69) is 36.9 Å². The first-order valence-corrected chi connectivity index (χ1v) is 12.1. The molecule has 0 radical (unpaired) electrons. The molecule has 3 heterocycles. The van der Waals surface area contributed by atoms with Gasteiger partial charge in [0.1, 0.15) is 5.75 Å². The predicted molar refractivity (Wildman–Crippen MR) is 130 cm³/mol. The van der Waals surface area contributed by atoms with E-state index in [9.17, 15) is 4.79 Å². The Balaban J connectivity index is 1.39. The maximum atomic E-state index is 13.6. The van der Waals surface area contributed by atoms with Gasteiger partial charge in [0, 0.05) is 37.9 Å². The lowest BCUT2D eigenvalue weighted by atomic mass is 9.93. The minimum atomic E-state index is -0.441. The lowest BCUT2D eigenvalue weighted by Crippen LogP contribution is -2.48. The van der Waals surface area contributed by atoms with Gasteiger partial charge in [-0.1, -0.05) is 35.9 Å². The first-order valence-electron chi connectivity index (χ1n) is 12.1. The summed E-state index contributed by atoms with van der Waals surface area (Å²) >= 11 is 0. The van der Waals surface area contributed by atoms with Crippen molar-refractivity contribution in [3.63, 3.8) is 0 Å². The Bertz CT molecular complexity index is 1080. The van der Waals surface area contributed by atoms with Crippen LogP contribution in [0.4, 0.5) is 0 Å². The number of ether oxygens (including phenoxy) is 3. The largest absolute Gasteiger partial charge is 0.496 e. The monoisotopic (exact) mass is 463 g/mol. The van der Waals surface area contributed by atoms with Gasteiger partial charge < -0.3 is 14.2 Å². The molecule has 3 aliphatic rings. The standard InChI is InChI=1S/C27H33N3O4/c1-19-8-9-20(2)22(16-19)24-17-23(21-6-4-5-7-25(21)32-3)28-30(24)26(31)18-29-12-10-27(11-13-29)33-14-15-34-27/h4-9,16,24H,10-15,17-18H2,1-3H3. The number of rotatable bonds is 5. The third-order valence-corrected chi connectivity index (χ3v) is 7.17. The molecule has 5 rings (SSSR count). The van der Waals surface area contributed by atoms with E-state index >= 15 is 0 Å². The lowest BCUT2D eigenvalue weighted by molar-refractivity contribution is -0.186. The van der Waals surface area contributed by atoms with E-state index in [4.69, 9.17) is 19.3 Å². The Kier molecular flexibility index (Phi) is 6.42. The molecule has 2 fully saturated rings. The number of para-hydroxylation sites is 1. The Morgan fingerprint density at radius 2 is 1.85 bits per heavy atom. The SMILES string of the molecule is COc1ccccc1C1=NN(C(=O)CN2CCC3(CC2)OCCO3)C(c2cc(C)ccc2C)C1. The molecule has 1 atom stereocenters. The van der Waals surface area contributed by atoms with Gasteiger partial charge in [0.05, 0.1) is 38.6 Å². The molecule has 0 saturated carbocycles. The minimum Gasteiger partial charge on any atom is -0.496 e. The summed E-state index contributed by atoms with van der Waals surface area (Å²) in [6, 6.07) is 14.2. The maximum Gasteiger partial charge on any atom is 0.257 e. The zero-order valence-electron chi connectivity index (χ0n) is 20.3. The number of aryl methyl sites for hydroxylation is 2. The molecular weight excluding hydrogens is 430 g/mol. The van der Waals surface area contributed by atoms with Gasteiger partial charge in [0.25, 0.3) is 5.91 Å². The Morgan fingerprint density at radius 3 is 2.59 bits per heavy atom. The highest BCUT2D eigenvalue weighted by molar-refractivity contribution is 6.05. The first-order chi connectivity index (χ1) is 16.5. The second-order valence-electron chi connectivity index (χ2n) is 9.45. The number of carbonyl (C=O) groups excluding carboxylic acids is 1. The predicted octanol–water partition coefficient (Wildman–Crippen LogP) is 3.83. The van der Waals surface area contributed by atoms with E-state index in [0.717, 1.165) is 48.5 Å². The molecular formula is C27H33N3O4. The molecule has 2 saturated heterocycles. The van der Waals surface area contributed by atoms with E-state index in [1.54, 1.807) is 12.1 Å². The Labute approximate surface area is 201 Å². The number of hydrogen-bond donors (Lipinski definition) is 0. The van der Waals surface area contributed by atoms with Crippen molar-refractivity contribution in [2.45, 2.75) is 44.9 Å². The number of carbonyl (C=O) groups is 1. The quantitative estimate of drug-likeness (QED) is 0.675. The van der Waals surface area contributed by atoms with Crippen molar-refractivity contribution < 1.29 is 19.0 Å². The smallest absolute Gasteiger partial charge is 0.257 e. The molecule has 7 nitrogen and oxygen atoms in total. The zero-order valence-corrected chi connectivity index (χ0v) is 20.3. The number of hydrazone groups is 1. The fourth-order valence-corrected chi connectivity index (χ4v) is 5.25. The first kappa shape index (κ1) is 23.0. The third kappa shape index (κ3) is 4.48. The molecule has 2 aromatic rings. The highest BCUT2D eigenvalue weighted by Gasteiger charge is 2.41. The van der Waals surface area contributed by atoms with E-state index in [-0.39, 0.29) is 11.9 Å². The van der Waals surface area contributed by atoms with Gasteiger partial charge >= 0.3 is 0 Å². The Hall–Kier alpha value is -2.74. The fraction of sp³-hybridized carbons (Fsp3) is 0.481. The van der Waals surface area contributed by atoms with E-state index < -0.39 is 5.79 Å². The summed E-state index contributed by atoms with van der Waals surface area (Å²) in [5.41, 5.74) is 5.30. The summed E-state index contributed by atoms with van der Waals surface area (Å²) in [7, 11) is 1.67. The summed E-state index contributed by atoms with van der Waals surface area (Å²) in [6.45, 7) is 7.38. The highest BCUT2D eigenvalue weighted by atomic mass is 16.7. The third-order valence-electron chi connectivity index (χ3n) is 7.17. The van der Waals surface area contributed by atoms with Gasteiger partial charge in [0.2, 0.25) is 0 Å². The van der Waals surface area contributed by atoms with Crippen LogP contribution in [0.15, 0.2) is 47.6 Å². The number of methoxy groups -OCH3 is 1. The van der Waals surface area contributed by atoms with E-state index in [0.29, 0.717) is 26.2 Å². The number of piperidine rings is 1. The summed E-state index contributed by atoms with van der Waals surface area (Å²) in [4.78, 5) is 15.8. The zero-order chi connectivity index (χ0) is 23.7. The molecule has 1 amide bonds. The molecule has 0 N–H and O–H groups in total. The van der Waals surface area contributed by atoms with Crippen LogP contribution < -0.4 is 4.74 Å². The highest BCUT2D eigenvalue weighted by Crippen LogP contribution is 2.37. The van der Waals surface area contributed by atoms with Crippen molar-refractivity contribution in [2.24, 2.45) is 5.10 Å². The molecule has 1 spiro atoms. The second kappa shape index (κ2) is 9.49. The van der Waals surface area contributed by atoms with Crippen molar-refractivity contribution >= 4 is 11.6 Å². The van der Waals surface area contributed by atoms with Gasteiger partial charge in [-0.3, -0.25) is 9.69 Å². The second-order valence-corrected chi connectivity index (χ2v) is 9.45. The maximum absolute atomic E-state index is 13.6. The number of likely N-dealkylation sites (tertiary alicyclic amines) is 1. The van der Waals surface area contributed by atoms with Crippen molar-refractivity contribution in [2.75, 3.05) is 40.0 Å². The van der Waals surface area contributed by atoms with Crippen LogP contribution in [0.5, 0.6) is 5.75 Å². The summed E-state index contributed by atoms with van der Waals surface area (Å²) < 4.78 is 17.3. The molecule has 34 heavy (non-hydrogen) atoms. The van der Waals surface area contributed by atoms with E-state index in [1.807, 2.05) is 24.3 Å². The van der Waals surface area contributed by atoms with Crippen molar-refractivity contribution in [3.8, 4) is 5.75 Å². The number of benzene rings is 2. The number of amides is 1. The summed E-state index contributed by atoms with van der Waals surface area (Å²) in [5.74, 6) is 0.344. The van der Waals surface area contributed by atoms with E-state index in [1.165, 1.54) is 11.1 Å². The van der Waals surface area contributed by atoms with Crippen LogP contribution in [0.3, 0.4) is 0 Å². The van der Waals surface area contributed by atoms with Gasteiger partial charge in [-0.05, 0) is 37.1 Å². The van der Waals surface area contributed by atoms with Gasteiger partial charge in [-0.25, -0.2) is 5.01 Å². The average Bonchev–Trinajstić information content (AvgIpc) is 3.50. The molecule has 3 aliphatic heterocycles. The van der Waals surface area contributed by atoms with Crippen LogP contribution in [0, 0.1) is 13.8 Å².